The van der Waals surface area contributed by atoms with Gasteiger partial charge in [0.05, 0.1) is 10.6 Å². The molecule has 184 valence electrons. The summed E-state index contributed by atoms with van der Waals surface area (Å²) in [6.07, 6.45) is 6.13. The summed E-state index contributed by atoms with van der Waals surface area (Å²) in [7, 11) is -3.58. The quantitative estimate of drug-likeness (QED) is 0.535. The second-order valence-corrected chi connectivity index (χ2v) is 11.2. The minimum Gasteiger partial charge on any atom is -0.353 e. The molecule has 2 fully saturated rings. The van der Waals surface area contributed by atoms with Gasteiger partial charge in [-0.05, 0) is 66.8 Å². The van der Waals surface area contributed by atoms with Crippen LogP contribution in [0.2, 0.25) is 0 Å². The van der Waals surface area contributed by atoms with E-state index in [4.69, 9.17) is 0 Å². The number of piperazine rings is 1. The van der Waals surface area contributed by atoms with Crippen LogP contribution < -0.4 is 10.5 Å². The van der Waals surface area contributed by atoms with Crippen molar-refractivity contribution in [2.45, 2.75) is 42.9 Å². The molecule has 2 heterocycles. The van der Waals surface area contributed by atoms with Crippen molar-refractivity contribution in [3.63, 3.8) is 0 Å². The number of rotatable bonds is 5. The molecule has 1 saturated carbocycles. The molecule has 2 aliphatic rings. The number of nitrogens with zero attached hydrogens (tertiary/aromatic N) is 4. The first kappa shape index (κ1) is 23.7. The van der Waals surface area contributed by atoms with Gasteiger partial charge in [-0.2, -0.15) is 8.99 Å². The zero-order valence-corrected chi connectivity index (χ0v) is 20.3. The van der Waals surface area contributed by atoms with E-state index in [0.29, 0.717) is 48.5 Å². The Balaban J connectivity index is 1.27. The van der Waals surface area contributed by atoms with Crippen molar-refractivity contribution in [2.24, 2.45) is 0 Å². The second kappa shape index (κ2) is 9.91. The number of hydrogen-bond donors (Lipinski definition) is 0. The van der Waals surface area contributed by atoms with Gasteiger partial charge < -0.3 is 4.90 Å². The molecule has 1 saturated heterocycles. The Hall–Kier alpha value is -3.04. The normalized spacial score (nSPS) is 18.0. The SMILES string of the molecule is O=c1ccc(N2CCN(S(=O)(=O)c3ccc(C4CCCCC4)cc3)CC2)nn1-c1ccc(F)cc1. The molecule has 5 rings (SSSR count). The molecule has 35 heavy (non-hydrogen) atoms. The third-order valence-electron chi connectivity index (χ3n) is 7.01. The molecule has 9 heteroatoms. The lowest BCUT2D eigenvalue weighted by atomic mass is 9.84. The molecule has 0 amide bonds. The predicted molar refractivity (Wildman–Crippen MR) is 133 cm³/mol. The second-order valence-electron chi connectivity index (χ2n) is 9.21. The predicted octanol–water partition coefficient (Wildman–Crippen LogP) is 3.93. The van der Waals surface area contributed by atoms with Crippen molar-refractivity contribution >= 4 is 15.8 Å². The van der Waals surface area contributed by atoms with Gasteiger partial charge in [0.15, 0.2) is 0 Å². The molecular weight excluding hydrogens is 467 g/mol. The van der Waals surface area contributed by atoms with E-state index in [1.54, 1.807) is 18.2 Å². The number of anilines is 1. The Morgan fingerprint density at radius 2 is 1.46 bits per heavy atom. The highest BCUT2D eigenvalue weighted by Crippen LogP contribution is 2.33. The Bertz CT molecular complexity index is 1330. The van der Waals surface area contributed by atoms with Crippen LogP contribution in [0, 0.1) is 5.82 Å². The minimum atomic E-state index is -3.58. The fraction of sp³-hybridized carbons (Fsp3) is 0.385. The van der Waals surface area contributed by atoms with E-state index in [1.807, 2.05) is 17.0 Å². The number of hydrogen-bond acceptors (Lipinski definition) is 5. The Morgan fingerprint density at radius 3 is 2.11 bits per heavy atom. The smallest absolute Gasteiger partial charge is 0.271 e. The summed E-state index contributed by atoms with van der Waals surface area (Å²) < 4.78 is 42.5. The molecule has 1 aliphatic carbocycles. The van der Waals surface area contributed by atoms with E-state index in [1.165, 1.54) is 77.0 Å². The summed E-state index contributed by atoms with van der Waals surface area (Å²) in [5.41, 5.74) is 1.38. The molecule has 0 spiro atoms. The maximum absolute atomic E-state index is 13.3. The van der Waals surface area contributed by atoms with Gasteiger partial charge in [-0.15, -0.1) is 5.10 Å². The molecular formula is C26H29FN4O3S. The van der Waals surface area contributed by atoms with Crippen molar-refractivity contribution in [3.8, 4) is 5.69 Å². The zero-order valence-electron chi connectivity index (χ0n) is 19.5. The molecule has 0 bridgehead atoms. The van der Waals surface area contributed by atoms with Gasteiger partial charge in [0.25, 0.3) is 5.56 Å². The third-order valence-corrected chi connectivity index (χ3v) is 8.93. The minimum absolute atomic E-state index is 0.321. The summed E-state index contributed by atoms with van der Waals surface area (Å²) in [6, 6.07) is 16.0. The molecule has 2 aromatic carbocycles. The summed E-state index contributed by atoms with van der Waals surface area (Å²) >= 11 is 0. The van der Waals surface area contributed by atoms with E-state index >= 15 is 0 Å². The molecule has 0 unspecified atom stereocenters. The van der Waals surface area contributed by atoms with Crippen LogP contribution in [0.4, 0.5) is 10.2 Å². The van der Waals surface area contributed by atoms with Gasteiger partial charge in [0, 0.05) is 32.2 Å². The molecule has 3 aromatic rings. The Morgan fingerprint density at radius 1 is 0.800 bits per heavy atom. The van der Waals surface area contributed by atoms with E-state index in [0.717, 1.165) is 0 Å². The first-order valence-corrected chi connectivity index (χ1v) is 13.6. The van der Waals surface area contributed by atoms with Crippen LogP contribution in [-0.4, -0.2) is 48.7 Å². The zero-order chi connectivity index (χ0) is 24.4. The lowest BCUT2D eigenvalue weighted by Gasteiger charge is -2.34. The van der Waals surface area contributed by atoms with Crippen LogP contribution in [0.25, 0.3) is 5.69 Å². The largest absolute Gasteiger partial charge is 0.353 e. The monoisotopic (exact) mass is 496 g/mol. The average molecular weight is 497 g/mol. The lowest BCUT2D eigenvalue weighted by Crippen LogP contribution is -2.49. The molecule has 0 atom stereocenters. The molecule has 0 radical (unpaired) electrons. The topological polar surface area (TPSA) is 75.5 Å². The maximum atomic E-state index is 13.3. The average Bonchev–Trinajstić information content (AvgIpc) is 2.90. The highest BCUT2D eigenvalue weighted by atomic mass is 32.2. The van der Waals surface area contributed by atoms with E-state index in [9.17, 15) is 17.6 Å². The van der Waals surface area contributed by atoms with Crippen molar-refractivity contribution in [1.29, 1.82) is 0 Å². The number of benzene rings is 2. The van der Waals surface area contributed by atoms with Gasteiger partial charge in [-0.1, -0.05) is 31.4 Å². The van der Waals surface area contributed by atoms with Gasteiger partial charge >= 0.3 is 0 Å². The Labute approximate surface area is 204 Å². The van der Waals surface area contributed by atoms with E-state index < -0.39 is 10.0 Å². The first-order valence-electron chi connectivity index (χ1n) is 12.1. The van der Waals surface area contributed by atoms with Gasteiger partial charge in [0.2, 0.25) is 10.0 Å². The number of sulfonamides is 1. The van der Waals surface area contributed by atoms with Crippen LogP contribution in [-0.2, 0) is 10.0 Å². The third kappa shape index (κ3) is 5.01. The number of aromatic nitrogens is 2. The lowest BCUT2D eigenvalue weighted by molar-refractivity contribution is 0.383. The molecule has 1 aromatic heterocycles. The van der Waals surface area contributed by atoms with Crippen LogP contribution in [0.3, 0.4) is 0 Å². The van der Waals surface area contributed by atoms with Gasteiger partial charge in [0.1, 0.15) is 11.6 Å². The van der Waals surface area contributed by atoms with Crippen LogP contribution in [0.15, 0.2) is 70.4 Å². The van der Waals surface area contributed by atoms with Crippen LogP contribution >= 0.6 is 0 Å². The highest BCUT2D eigenvalue weighted by Gasteiger charge is 2.29. The Kier molecular flexibility index (Phi) is 6.71. The molecule has 1 aliphatic heterocycles. The van der Waals surface area contributed by atoms with Crippen LogP contribution in [0.5, 0.6) is 0 Å². The fourth-order valence-corrected chi connectivity index (χ4v) is 6.41. The van der Waals surface area contributed by atoms with Crippen molar-refractivity contribution in [1.82, 2.24) is 14.1 Å². The van der Waals surface area contributed by atoms with Crippen molar-refractivity contribution in [3.05, 3.63) is 82.4 Å². The first-order chi connectivity index (χ1) is 16.9. The van der Waals surface area contributed by atoms with E-state index in [2.05, 4.69) is 5.10 Å². The highest BCUT2D eigenvalue weighted by molar-refractivity contribution is 7.89. The summed E-state index contributed by atoms with van der Waals surface area (Å²) in [6.45, 7) is 1.55. The summed E-state index contributed by atoms with van der Waals surface area (Å²) in [5, 5.41) is 4.43. The fourth-order valence-electron chi connectivity index (χ4n) is 4.99. The molecule has 0 N–H and O–H groups in total. The van der Waals surface area contributed by atoms with Crippen molar-refractivity contribution in [2.75, 3.05) is 31.1 Å². The maximum Gasteiger partial charge on any atom is 0.271 e. The van der Waals surface area contributed by atoms with E-state index in [-0.39, 0.29) is 11.4 Å². The van der Waals surface area contributed by atoms with Crippen molar-refractivity contribution < 1.29 is 12.8 Å². The van der Waals surface area contributed by atoms with Gasteiger partial charge in [-0.3, -0.25) is 4.79 Å². The number of halogens is 1. The van der Waals surface area contributed by atoms with Crippen LogP contribution in [0.1, 0.15) is 43.6 Å². The summed E-state index contributed by atoms with van der Waals surface area (Å²) in [5.74, 6) is 0.719. The van der Waals surface area contributed by atoms with Gasteiger partial charge in [-0.25, -0.2) is 12.8 Å². The molecule has 7 nitrogen and oxygen atoms in total. The standard InChI is InChI=1S/C26H29FN4O3S/c27-22-8-10-23(11-9-22)31-26(32)15-14-25(28-31)29-16-18-30(19-17-29)35(33,34)24-12-6-21(7-13-24)20-4-2-1-3-5-20/h6-15,20H,1-5,16-19H2. The summed E-state index contributed by atoms with van der Waals surface area (Å²) in [4.78, 5) is 14.6.